The molecule has 6 heterocycles. The molecule has 2 aromatic rings. The monoisotopic (exact) mass is 724 g/mol. The summed E-state index contributed by atoms with van der Waals surface area (Å²) in [5, 5.41) is 0. The molecule has 0 radical (unpaired) electrons. The molecule has 2 aromatic carbocycles. The lowest BCUT2D eigenvalue weighted by Crippen LogP contribution is -2.44. The summed E-state index contributed by atoms with van der Waals surface area (Å²) in [6, 6.07) is 12.2. The van der Waals surface area contributed by atoms with Gasteiger partial charge in [-0.15, -0.1) is 0 Å². The maximum atomic E-state index is 6.89. The average Bonchev–Trinajstić information content (AvgIpc) is 3.95. The molecule has 284 valence electrons. The smallest absolute Gasteiger partial charge is 0.494 e. The average molecular weight is 725 g/mol. The minimum absolute atomic E-state index is 0.0817. The second-order valence-electron chi connectivity index (χ2n) is 15.7. The summed E-state index contributed by atoms with van der Waals surface area (Å²) < 4.78 is 53.5. The van der Waals surface area contributed by atoms with Gasteiger partial charge in [0.05, 0.1) is 61.8 Å². The number of ether oxygens (including phenoxy) is 4. The Morgan fingerprint density at radius 3 is 0.981 bits per heavy atom. The van der Waals surface area contributed by atoms with Crippen LogP contribution < -0.4 is 29.9 Å². The van der Waals surface area contributed by atoms with Crippen molar-refractivity contribution in [3.63, 3.8) is 0 Å². The van der Waals surface area contributed by atoms with E-state index in [2.05, 4.69) is 24.3 Å². The van der Waals surface area contributed by atoms with Gasteiger partial charge in [-0.1, -0.05) is 36.4 Å². The molecule has 10 heteroatoms. The highest BCUT2D eigenvalue weighted by Crippen LogP contribution is 2.55. The fraction of sp³-hybridized carbons (Fsp3) is 0.628. The highest BCUT2D eigenvalue weighted by atomic mass is 16.7. The zero-order chi connectivity index (χ0) is 35.7. The van der Waals surface area contributed by atoms with Crippen molar-refractivity contribution in [1.29, 1.82) is 0 Å². The first-order valence-electron chi connectivity index (χ1n) is 21.0. The summed E-state index contributed by atoms with van der Waals surface area (Å²) >= 11 is 0. The Hall–Kier alpha value is -2.91. The summed E-state index contributed by atoms with van der Waals surface area (Å²) in [5.74, 6) is 3.53. The molecule has 10 rings (SSSR count). The molecule has 4 fully saturated rings. The number of fused-ring (bicyclic) bond motifs is 24. The van der Waals surface area contributed by atoms with Gasteiger partial charge < -0.3 is 37.6 Å². The zero-order valence-electron chi connectivity index (χ0n) is 31.5. The molecular formula is C43H58B2O8. The Bertz CT molecular complexity index is 1330. The summed E-state index contributed by atoms with van der Waals surface area (Å²) in [6.45, 7) is 2.61. The van der Waals surface area contributed by atoms with Gasteiger partial charge in [-0.05, 0) is 133 Å². The van der Waals surface area contributed by atoms with Crippen molar-refractivity contribution in [2.45, 2.75) is 134 Å². The predicted octanol–water partition coefficient (Wildman–Crippen LogP) is 7.89. The Balaban J connectivity index is 1.08. The van der Waals surface area contributed by atoms with E-state index in [4.69, 9.17) is 37.6 Å². The summed E-state index contributed by atoms with van der Waals surface area (Å²) in [6.07, 6.45) is 27.6. The lowest BCUT2D eigenvalue weighted by Gasteiger charge is -2.31. The molecule has 0 N–H and O–H groups in total. The van der Waals surface area contributed by atoms with E-state index in [0.29, 0.717) is 26.4 Å². The third kappa shape index (κ3) is 8.82. The van der Waals surface area contributed by atoms with Gasteiger partial charge in [0.15, 0.2) is 0 Å². The van der Waals surface area contributed by atoms with Crippen LogP contribution in [0.15, 0.2) is 60.7 Å². The lowest BCUT2D eigenvalue weighted by molar-refractivity contribution is -0.00476. The fourth-order valence-electron chi connectivity index (χ4n) is 9.20. The van der Waals surface area contributed by atoms with Crippen LogP contribution in [0.4, 0.5) is 0 Å². The first kappa shape index (κ1) is 37.0. The minimum Gasteiger partial charge on any atom is -0.494 e. The molecule has 6 atom stereocenters. The standard InChI is InChI=1S/C43H58B2O8/c1-2-6-10-14-18-28-47-35-24-22-26-37-39(35)45-52-42-32-31-33(43(42)53-45)41-40(32)50-44(51-41)38-34(46-27-17-13-9-5-1)23-21-25-36(38)48-29-19-15-11-7-3-4-8-12-16-20-30-49-37/h1-4,21-26,32-33,40-43H,5-20,27-31H2/b2-1+,4-3+/t32?,33?,40-,41+,42+,43-. The summed E-state index contributed by atoms with van der Waals surface area (Å²) in [4.78, 5) is 0. The summed E-state index contributed by atoms with van der Waals surface area (Å²) in [7, 11) is -1.13. The van der Waals surface area contributed by atoms with Crippen molar-refractivity contribution in [2.75, 3.05) is 26.4 Å². The minimum atomic E-state index is -0.565. The third-order valence-electron chi connectivity index (χ3n) is 12.0. The Kier molecular flexibility index (Phi) is 13.0. The van der Waals surface area contributed by atoms with E-state index in [1.165, 1.54) is 25.7 Å². The van der Waals surface area contributed by atoms with Crippen LogP contribution in [-0.4, -0.2) is 65.1 Å². The maximum Gasteiger partial charge on any atom is 0.502 e. The normalized spacial score (nSPS) is 31.5. The molecule has 2 saturated carbocycles. The molecule has 53 heavy (non-hydrogen) atoms. The van der Waals surface area contributed by atoms with Crippen molar-refractivity contribution in [3.8, 4) is 23.0 Å². The largest absolute Gasteiger partial charge is 0.502 e. The molecule has 2 saturated heterocycles. The number of hydrogen-bond donors (Lipinski definition) is 0. The van der Waals surface area contributed by atoms with E-state index < -0.39 is 14.2 Å². The molecule has 0 aromatic heterocycles. The highest BCUT2D eigenvalue weighted by molar-refractivity contribution is 6.64. The van der Waals surface area contributed by atoms with Gasteiger partial charge in [0, 0.05) is 11.8 Å². The van der Waals surface area contributed by atoms with E-state index in [-0.39, 0.29) is 36.3 Å². The molecular weight excluding hydrogens is 666 g/mol. The molecule has 0 spiro atoms. The van der Waals surface area contributed by atoms with Crippen LogP contribution in [0.3, 0.4) is 0 Å². The molecule has 2 aliphatic carbocycles. The van der Waals surface area contributed by atoms with Crippen LogP contribution >= 0.6 is 0 Å². The Morgan fingerprint density at radius 2 is 0.679 bits per heavy atom. The lowest BCUT2D eigenvalue weighted by atomic mass is 9.77. The maximum absolute atomic E-state index is 6.89. The van der Waals surface area contributed by atoms with E-state index in [9.17, 15) is 0 Å². The topological polar surface area (TPSA) is 73.8 Å². The fourth-order valence-corrected chi connectivity index (χ4v) is 9.20. The van der Waals surface area contributed by atoms with E-state index in [1.54, 1.807) is 0 Å². The second kappa shape index (κ2) is 18.6. The third-order valence-corrected chi connectivity index (χ3v) is 12.0. The predicted molar refractivity (Wildman–Crippen MR) is 209 cm³/mol. The van der Waals surface area contributed by atoms with Gasteiger partial charge in [0.2, 0.25) is 0 Å². The number of benzene rings is 2. The molecule has 2 unspecified atom stereocenters. The van der Waals surface area contributed by atoms with Crippen LogP contribution in [0.25, 0.3) is 0 Å². The van der Waals surface area contributed by atoms with Gasteiger partial charge in [-0.25, -0.2) is 0 Å². The van der Waals surface area contributed by atoms with Crippen molar-refractivity contribution >= 4 is 25.2 Å². The van der Waals surface area contributed by atoms with E-state index in [1.807, 2.05) is 36.4 Å². The van der Waals surface area contributed by atoms with Crippen molar-refractivity contribution in [2.24, 2.45) is 11.8 Å². The van der Waals surface area contributed by atoms with Gasteiger partial charge >= 0.3 is 14.2 Å². The molecule has 10 bridgehead atoms. The molecule has 8 aliphatic rings. The first-order valence-corrected chi connectivity index (χ1v) is 21.0. The van der Waals surface area contributed by atoms with Crippen LogP contribution in [0, 0.1) is 11.8 Å². The van der Waals surface area contributed by atoms with E-state index >= 15 is 0 Å². The quantitative estimate of drug-likeness (QED) is 0.201. The van der Waals surface area contributed by atoms with Crippen molar-refractivity contribution in [3.05, 3.63) is 60.7 Å². The number of rotatable bonds is 0. The van der Waals surface area contributed by atoms with Crippen LogP contribution in [0.2, 0.25) is 0 Å². The summed E-state index contributed by atoms with van der Waals surface area (Å²) in [5.41, 5.74) is 1.75. The second-order valence-corrected chi connectivity index (χ2v) is 15.7. The first-order chi connectivity index (χ1) is 26.3. The Morgan fingerprint density at radius 1 is 0.377 bits per heavy atom. The van der Waals surface area contributed by atoms with Crippen molar-refractivity contribution in [1.82, 2.24) is 0 Å². The van der Waals surface area contributed by atoms with Gasteiger partial charge in [-0.3, -0.25) is 0 Å². The molecule has 0 amide bonds. The van der Waals surface area contributed by atoms with Crippen LogP contribution in [-0.2, 0) is 18.6 Å². The SMILES string of the molecule is C1=C/CCCCCOc2cccc3c2B2O[C@@H]4C5CC([C@H]6OB(O[C@@H]56)c5c(cccc5OCCCCC/C=C/CCCCCO3)OCCCCC/1)[C@@H]4O2. The van der Waals surface area contributed by atoms with Crippen molar-refractivity contribution < 1.29 is 37.6 Å². The highest BCUT2D eigenvalue weighted by Gasteiger charge is 2.68. The number of hydrogen-bond acceptors (Lipinski definition) is 8. The molecule has 6 aliphatic heterocycles. The van der Waals surface area contributed by atoms with Gasteiger partial charge in [0.1, 0.15) is 23.0 Å². The van der Waals surface area contributed by atoms with E-state index in [0.717, 1.165) is 117 Å². The zero-order valence-corrected chi connectivity index (χ0v) is 31.5. The Labute approximate surface area is 317 Å². The van der Waals surface area contributed by atoms with Crippen LogP contribution in [0.1, 0.15) is 109 Å². The van der Waals surface area contributed by atoms with Gasteiger partial charge in [0.25, 0.3) is 0 Å². The number of allylic oxidation sites excluding steroid dienone is 4. The molecule has 8 nitrogen and oxygen atoms in total. The van der Waals surface area contributed by atoms with Crippen LogP contribution in [0.5, 0.6) is 23.0 Å². The van der Waals surface area contributed by atoms with Gasteiger partial charge in [-0.2, -0.15) is 0 Å².